The summed E-state index contributed by atoms with van der Waals surface area (Å²) in [5, 5.41) is 10.8. The Kier molecular flexibility index (Phi) is 4.53. The Balaban J connectivity index is 2.10. The van der Waals surface area contributed by atoms with Crippen molar-refractivity contribution in [3.05, 3.63) is 63.9 Å². The van der Waals surface area contributed by atoms with Crippen molar-refractivity contribution in [1.82, 2.24) is 4.98 Å². The van der Waals surface area contributed by atoms with Crippen molar-refractivity contribution in [3.8, 4) is 0 Å². The fourth-order valence-electron chi connectivity index (χ4n) is 1.65. The minimum atomic E-state index is -0.927. The molecule has 1 unspecified atom stereocenters. The van der Waals surface area contributed by atoms with Gasteiger partial charge in [0, 0.05) is 12.6 Å². The number of hydrogen-bond acceptors (Lipinski definition) is 3. The number of Topliss-reactive ketones (excluding diaryl/α,β-unsaturated/α-hetero) is 1. The van der Waals surface area contributed by atoms with Gasteiger partial charge in [0.1, 0.15) is 5.69 Å². The maximum absolute atomic E-state index is 11.9. The van der Waals surface area contributed by atoms with Crippen LogP contribution >= 0.6 is 23.2 Å². The van der Waals surface area contributed by atoms with Gasteiger partial charge in [-0.25, -0.2) is 0 Å². The molecule has 0 spiro atoms. The molecule has 3 nitrogen and oxygen atoms in total. The van der Waals surface area contributed by atoms with Crippen molar-refractivity contribution in [2.75, 3.05) is 0 Å². The lowest BCUT2D eigenvalue weighted by molar-refractivity contribution is 0.0875. The number of nitrogens with zero attached hydrogens (tertiary/aromatic N) is 1. The van der Waals surface area contributed by atoms with E-state index in [2.05, 4.69) is 4.98 Å². The molecule has 1 N–H and O–H groups in total. The molecule has 0 amide bonds. The fourth-order valence-corrected chi connectivity index (χ4v) is 1.95. The maximum atomic E-state index is 11.9. The highest BCUT2D eigenvalue weighted by Crippen LogP contribution is 2.27. The second-order valence-corrected chi connectivity index (χ2v) is 4.85. The smallest absolute Gasteiger partial charge is 0.184 e. The van der Waals surface area contributed by atoms with Gasteiger partial charge in [-0.1, -0.05) is 35.3 Å². The molecule has 0 saturated heterocycles. The molecule has 1 aromatic heterocycles. The first-order valence-corrected chi connectivity index (χ1v) is 6.41. The zero-order valence-electron chi connectivity index (χ0n) is 9.88. The highest BCUT2D eigenvalue weighted by Gasteiger charge is 2.16. The first-order chi connectivity index (χ1) is 9.08. The van der Waals surface area contributed by atoms with Crippen LogP contribution < -0.4 is 0 Å². The Morgan fingerprint density at radius 2 is 2.00 bits per heavy atom. The van der Waals surface area contributed by atoms with Crippen LogP contribution in [0.3, 0.4) is 0 Å². The minimum absolute atomic E-state index is 0.0467. The van der Waals surface area contributed by atoms with Crippen LogP contribution in [-0.2, 0) is 0 Å². The van der Waals surface area contributed by atoms with Gasteiger partial charge in [-0.3, -0.25) is 9.78 Å². The van der Waals surface area contributed by atoms with Crippen LogP contribution in [0.1, 0.15) is 28.6 Å². The number of aliphatic hydroxyl groups excluding tert-OH is 1. The van der Waals surface area contributed by atoms with E-state index in [1.165, 1.54) is 0 Å². The second kappa shape index (κ2) is 6.15. The van der Waals surface area contributed by atoms with Gasteiger partial charge in [0.2, 0.25) is 0 Å². The minimum Gasteiger partial charge on any atom is -0.388 e. The van der Waals surface area contributed by atoms with E-state index in [0.29, 0.717) is 21.3 Å². The summed E-state index contributed by atoms with van der Waals surface area (Å²) in [6.45, 7) is 0. The number of carbonyl (C=O) groups is 1. The van der Waals surface area contributed by atoms with E-state index in [1.807, 2.05) is 0 Å². The van der Waals surface area contributed by atoms with E-state index in [1.54, 1.807) is 42.6 Å². The van der Waals surface area contributed by atoms with E-state index in [9.17, 15) is 9.90 Å². The molecular weight excluding hydrogens is 285 g/mol. The number of benzene rings is 1. The van der Waals surface area contributed by atoms with Crippen molar-refractivity contribution in [2.45, 2.75) is 12.5 Å². The summed E-state index contributed by atoms with van der Waals surface area (Å²) >= 11 is 11.7. The molecule has 0 aliphatic rings. The van der Waals surface area contributed by atoms with Crippen LogP contribution in [0.5, 0.6) is 0 Å². The average molecular weight is 296 g/mol. The van der Waals surface area contributed by atoms with Crippen molar-refractivity contribution < 1.29 is 9.90 Å². The number of hydrogen-bond donors (Lipinski definition) is 1. The predicted molar refractivity (Wildman–Crippen MR) is 74.6 cm³/mol. The summed E-state index contributed by atoms with van der Waals surface area (Å²) in [5.74, 6) is -0.223. The first-order valence-electron chi connectivity index (χ1n) is 5.65. The number of carbonyl (C=O) groups excluding carboxylic acids is 1. The Morgan fingerprint density at radius 1 is 1.21 bits per heavy atom. The predicted octanol–water partition coefficient (Wildman–Crippen LogP) is 3.69. The molecule has 1 heterocycles. The van der Waals surface area contributed by atoms with Gasteiger partial charge in [-0.05, 0) is 29.8 Å². The van der Waals surface area contributed by atoms with Gasteiger partial charge in [0.25, 0.3) is 0 Å². The molecule has 19 heavy (non-hydrogen) atoms. The third-order valence-corrected chi connectivity index (χ3v) is 3.40. The molecule has 0 fully saturated rings. The van der Waals surface area contributed by atoms with Crippen molar-refractivity contribution in [3.63, 3.8) is 0 Å². The van der Waals surface area contributed by atoms with Gasteiger partial charge in [0.15, 0.2) is 5.78 Å². The quantitative estimate of drug-likeness (QED) is 0.875. The lowest BCUT2D eigenvalue weighted by Gasteiger charge is -2.10. The zero-order valence-corrected chi connectivity index (χ0v) is 11.4. The molecule has 0 saturated carbocycles. The molecule has 5 heteroatoms. The molecule has 1 aromatic carbocycles. The van der Waals surface area contributed by atoms with E-state index >= 15 is 0 Å². The molecule has 2 aromatic rings. The largest absolute Gasteiger partial charge is 0.388 e. The summed E-state index contributed by atoms with van der Waals surface area (Å²) in [7, 11) is 0. The molecule has 0 radical (unpaired) electrons. The highest BCUT2D eigenvalue weighted by atomic mass is 35.5. The van der Waals surface area contributed by atoms with Crippen LogP contribution in [0.4, 0.5) is 0 Å². The summed E-state index contributed by atoms with van der Waals surface area (Å²) in [6, 6.07) is 9.86. The number of ketones is 1. The normalized spacial score (nSPS) is 12.2. The molecule has 0 bridgehead atoms. The number of aliphatic hydroxyl groups is 1. The number of pyridine rings is 1. The molecule has 0 aliphatic heterocycles. The lowest BCUT2D eigenvalue weighted by atomic mass is 10.0. The third-order valence-electron chi connectivity index (χ3n) is 2.66. The van der Waals surface area contributed by atoms with E-state index < -0.39 is 6.10 Å². The monoisotopic (exact) mass is 295 g/mol. The molecule has 0 aliphatic carbocycles. The van der Waals surface area contributed by atoms with Crippen molar-refractivity contribution >= 4 is 29.0 Å². The fraction of sp³-hybridized carbons (Fsp3) is 0.143. The summed E-state index contributed by atoms with van der Waals surface area (Å²) in [5.41, 5.74) is 0.889. The van der Waals surface area contributed by atoms with E-state index in [0.717, 1.165) is 0 Å². The molecule has 2 rings (SSSR count). The Labute approximate surface area is 120 Å². The Morgan fingerprint density at radius 3 is 2.63 bits per heavy atom. The zero-order chi connectivity index (χ0) is 13.8. The number of halogens is 2. The molecule has 98 valence electrons. The standard InChI is InChI=1S/C14H11Cl2NO2/c15-10-5-4-9(7-11(10)16)13(18)8-14(19)12-3-1-2-6-17-12/h1-7,13,18H,8H2. The summed E-state index contributed by atoms with van der Waals surface area (Å²) in [4.78, 5) is 15.8. The van der Waals surface area contributed by atoms with Gasteiger partial charge >= 0.3 is 0 Å². The summed E-state index contributed by atoms with van der Waals surface area (Å²) in [6.07, 6.45) is 0.567. The average Bonchev–Trinajstić information content (AvgIpc) is 2.42. The van der Waals surface area contributed by atoms with Gasteiger partial charge < -0.3 is 5.11 Å². The van der Waals surface area contributed by atoms with Gasteiger partial charge in [0.05, 0.1) is 16.1 Å². The second-order valence-electron chi connectivity index (χ2n) is 4.03. The number of aromatic nitrogens is 1. The molecule has 1 atom stereocenters. The first kappa shape index (κ1) is 14.0. The van der Waals surface area contributed by atoms with Crippen molar-refractivity contribution in [2.24, 2.45) is 0 Å². The van der Waals surface area contributed by atoms with Crippen LogP contribution in [-0.4, -0.2) is 15.9 Å². The number of rotatable bonds is 4. The van der Waals surface area contributed by atoms with Crippen LogP contribution in [0, 0.1) is 0 Å². The van der Waals surface area contributed by atoms with Gasteiger partial charge in [-0.2, -0.15) is 0 Å². The van der Waals surface area contributed by atoms with Crippen LogP contribution in [0.2, 0.25) is 10.0 Å². The van der Waals surface area contributed by atoms with E-state index in [4.69, 9.17) is 23.2 Å². The van der Waals surface area contributed by atoms with Crippen LogP contribution in [0.25, 0.3) is 0 Å². The SMILES string of the molecule is O=C(CC(O)c1ccc(Cl)c(Cl)c1)c1ccccn1. The van der Waals surface area contributed by atoms with Crippen LogP contribution in [0.15, 0.2) is 42.6 Å². The maximum Gasteiger partial charge on any atom is 0.184 e. The van der Waals surface area contributed by atoms with Crippen molar-refractivity contribution in [1.29, 1.82) is 0 Å². The summed E-state index contributed by atoms with van der Waals surface area (Å²) < 4.78 is 0. The molecular formula is C14H11Cl2NO2. The van der Waals surface area contributed by atoms with Gasteiger partial charge in [-0.15, -0.1) is 0 Å². The lowest BCUT2D eigenvalue weighted by Crippen LogP contribution is -2.08. The Bertz CT molecular complexity index is 587. The highest BCUT2D eigenvalue weighted by molar-refractivity contribution is 6.42. The Hall–Kier alpha value is -1.42. The topological polar surface area (TPSA) is 50.2 Å². The third kappa shape index (κ3) is 3.53. The van der Waals surface area contributed by atoms with E-state index in [-0.39, 0.29) is 12.2 Å².